The Morgan fingerprint density at radius 2 is 2.15 bits per heavy atom. The fourth-order valence-electron chi connectivity index (χ4n) is 1.14. The lowest BCUT2D eigenvalue weighted by Crippen LogP contribution is -1.83. The van der Waals surface area contributed by atoms with Gasteiger partial charge < -0.3 is 0 Å². The second-order valence-corrected chi connectivity index (χ2v) is 3.51. The first-order valence-corrected chi connectivity index (χ1v) is 4.53. The molecule has 0 aromatic heterocycles. The van der Waals surface area contributed by atoms with Crippen LogP contribution in [0.1, 0.15) is 24.0 Å². The van der Waals surface area contributed by atoms with Crippen LogP contribution in [0.25, 0.3) is 0 Å². The van der Waals surface area contributed by atoms with Gasteiger partial charge in [0.25, 0.3) is 0 Å². The highest BCUT2D eigenvalue weighted by Crippen LogP contribution is 2.27. The van der Waals surface area contributed by atoms with Crippen LogP contribution in [0.2, 0.25) is 0 Å². The molecule has 0 bridgehead atoms. The summed E-state index contributed by atoms with van der Waals surface area (Å²) in [7, 11) is 0. The Balaban J connectivity index is 2.22. The van der Waals surface area contributed by atoms with Crippen LogP contribution in [-0.4, -0.2) is 0 Å². The van der Waals surface area contributed by atoms with Crippen LogP contribution in [0.3, 0.4) is 0 Å². The smallest absolute Gasteiger partial charge is 0.126 e. The number of aryl methyl sites for hydroxylation is 1. The fourth-order valence-corrected chi connectivity index (χ4v) is 1.14. The molecule has 2 rings (SSSR count). The Labute approximate surface area is 77.8 Å². The van der Waals surface area contributed by atoms with Gasteiger partial charge in [-0.15, -0.1) is 0 Å². The van der Waals surface area contributed by atoms with Crippen molar-refractivity contribution >= 4 is 0 Å². The first-order chi connectivity index (χ1) is 6.25. The zero-order valence-electron chi connectivity index (χ0n) is 7.60. The van der Waals surface area contributed by atoms with Crippen LogP contribution in [0.5, 0.6) is 0 Å². The first kappa shape index (κ1) is 8.31. The van der Waals surface area contributed by atoms with E-state index in [1.54, 1.807) is 19.1 Å². The van der Waals surface area contributed by atoms with E-state index in [4.69, 9.17) is 0 Å². The van der Waals surface area contributed by atoms with E-state index in [2.05, 4.69) is 11.8 Å². The molecule has 0 unspecified atom stereocenters. The summed E-state index contributed by atoms with van der Waals surface area (Å²) in [6, 6.07) is 5.01. The van der Waals surface area contributed by atoms with Crippen molar-refractivity contribution in [2.24, 2.45) is 5.92 Å². The van der Waals surface area contributed by atoms with Gasteiger partial charge in [0.1, 0.15) is 5.82 Å². The van der Waals surface area contributed by atoms with Crippen molar-refractivity contribution < 1.29 is 4.39 Å². The predicted octanol–water partition coefficient (Wildman–Crippen LogP) is 2.90. The van der Waals surface area contributed by atoms with Gasteiger partial charge in [0.05, 0.1) is 0 Å². The maximum absolute atomic E-state index is 12.9. The Morgan fingerprint density at radius 1 is 1.38 bits per heavy atom. The molecule has 0 saturated heterocycles. The van der Waals surface area contributed by atoms with Crippen LogP contribution in [-0.2, 0) is 0 Å². The predicted molar refractivity (Wildman–Crippen MR) is 50.7 cm³/mol. The molecule has 0 atom stereocenters. The average molecular weight is 174 g/mol. The maximum Gasteiger partial charge on any atom is 0.126 e. The summed E-state index contributed by atoms with van der Waals surface area (Å²) >= 11 is 0. The lowest BCUT2D eigenvalue weighted by Gasteiger charge is -1.95. The molecule has 66 valence electrons. The van der Waals surface area contributed by atoms with Gasteiger partial charge in [-0.05, 0) is 43.5 Å². The molecule has 0 amide bonds. The molecule has 0 nitrogen and oxygen atoms in total. The van der Waals surface area contributed by atoms with Crippen LogP contribution < -0.4 is 0 Å². The lowest BCUT2D eigenvalue weighted by atomic mass is 10.1. The van der Waals surface area contributed by atoms with E-state index in [9.17, 15) is 4.39 Å². The van der Waals surface area contributed by atoms with Crippen LogP contribution in [0.15, 0.2) is 18.2 Å². The quantitative estimate of drug-likeness (QED) is 0.530. The minimum Gasteiger partial charge on any atom is -0.207 e. The monoisotopic (exact) mass is 174 g/mol. The van der Waals surface area contributed by atoms with Crippen LogP contribution in [0.4, 0.5) is 4.39 Å². The van der Waals surface area contributed by atoms with Crippen molar-refractivity contribution in [3.63, 3.8) is 0 Å². The van der Waals surface area contributed by atoms with E-state index in [0.29, 0.717) is 11.5 Å². The van der Waals surface area contributed by atoms with Gasteiger partial charge in [-0.25, -0.2) is 4.39 Å². The van der Waals surface area contributed by atoms with Gasteiger partial charge in [-0.1, -0.05) is 11.8 Å². The molecule has 1 aromatic carbocycles. The van der Waals surface area contributed by atoms with Gasteiger partial charge in [-0.2, -0.15) is 0 Å². The topological polar surface area (TPSA) is 0 Å². The molecule has 1 aromatic rings. The van der Waals surface area contributed by atoms with E-state index in [1.807, 2.05) is 0 Å². The molecule has 1 heteroatoms. The van der Waals surface area contributed by atoms with Crippen molar-refractivity contribution in [3.8, 4) is 11.8 Å². The molecule has 1 fully saturated rings. The van der Waals surface area contributed by atoms with Crippen LogP contribution >= 0.6 is 0 Å². The molecule has 1 aliphatic rings. The van der Waals surface area contributed by atoms with Gasteiger partial charge in [0.2, 0.25) is 0 Å². The van der Waals surface area contributed by atoms with Gasteiger partial charge in [0.15, 0.2) is 0 Å². The zero-order valence-corrected chi connectivity index (χ0v) is 7.60. The zero-order chi connectivity index (χ0) is 9.26. The van der Waals surface area contributed by atoms with Crippen LogP contribution in [0, 0.1) is 30.5 Å². The third-order valence-corrected chi connectivity index (χ3v) is 2.16. The molecule has 1 aliphatic carbocycles. The Bertz CT molecular complexity index is 378. The van der Waals surface area contributed by atoms with E-state index in [1.165, 1.54) is 18.9 Å². The average Bonchev–Trinajstić information content (AvgIpc) is 2.91. The van der Waals surface area contributed by atoms with Crippen molar-refractivity contribution in [3.05, 3.63) is 35.1 Å². The molecule has 0 heterocycles. The molecule has 0 radical (unpaired) electrons. The highest BCUT2D eigenvalue weighted by Gasteiger charge is 2.17. The van der Waals surface area contributed by atoms with Crippen molar-refractivity contribution in [2.75, 3.05) is 0 Å². The Morgan fingerprint density at radius 3 is 2.77 bits per heavy atom. The van der Waals surface area contributed by atoms with Gasteiger partial charge in [0, 0.05) is 11.5 Å². The van der Waals surface area contributed by atoms with E-state index < -0.39 is 0 Å². The molecule has 13 heavy (non-hydrogen) atoms. The summed E-state index contributed by atoms with van der Waals surface area (Å²) in [6.07, 6.45) is 2.46. The summed E-state index contributed by atoms with van der Waals surface area (Å²) in [6.45, 7) is 1.76. The number of benzene rings is 1. The van der Waals surface area contributed by atoms with Gasteiger partial charge in [-0.3, -0.25) is 0 Å². The van der Waals surface area contributed by atoms with Crippen molar-refractivity contribution in [2.45, 2.75) is 19.8 Å². The second kappa shape index (κ2) is 3.22. The SMILES string of the molecule is Cc1cc(C#CC2CC2)ccc1F. The van der Waals surface area contributed by atoms with Crippen molar-refractivity contribution in [1.82, 2.24) is 0 Å². The number of hydrogen-bond acceptors (Lipinski definition) is 0. The standard InChI is InChI=1S/C12H11F/c1-9-8-11(6-7-12(9)13)5-4-10-2-3-10/h6-8,10H,2-3H2,1H3. The summed E-state index contributed by atoms with van der Waals surface area (Å²) < 4.78 is 12.9. The summed E-state index contributed by atoms with van der Waals surface area (Å²) in [5, 5.41) is 0. The second-order valence-electron chi connectivity index (χ2n) is 3.51. The fraction of sp³-hybridized carbons (Fsp3) is 0.333. The third-order valence-electron chi connectivity index (χ3n) is 2.16. The molecule has 1 saturated carbocycles. The highest BCUT2D eigenvalue weighted by molar-refractivity contribution is 5.38. The normalized spacial score (nSPS) is 14.9. The Hall–Kier alpha value is -1.29. The molecular weight excluding hydrogens is 163 g/mol. The minimum atomic E-state index is -0.156. The number of rotatable bonds is 0. The van der Waals surface area contributed by atoms with Crippen molar-refractivity contribution in [1.29, 1.82) is 0 Å². The molecule has 0 spiro atoms. The van der Waals surface area contributed by atoms with E-state index in [0.717, 1.165) is 5.56 Å². The largest absolute Gasteiger partial charge is 0.207 e. The summed E-state index contributed by atoms with van der Waals surface area (Å²) in [5.74, 6) is 6.65. The number of halogens is 1. The van der Waals surface area contributed by atoms with Gasteiger partial charge >= 0.3 is 0 Å². The lowest BCUT2D eigenvalue weighted by molar-refractivity contribution is 0.618. The molecule has 0 N–H and O–H groups in total. The number of hydrogen-bond donors (Lipinski definition) is 0. The minimum absolute atomic E-state index is 0.156. The summed E-state index contributed by atoms with van der Waals surface area (Å²) in [4.78, 5) is 0. The highest BCUT2D eigenvalue weighted by atomic mass is 19.1. The summed E-state index contributed by atoms with van der Waals surface area (Å²) in [5.41, 5.74) is 1.59. The molecule has 0 aliphatic heterocycles. The maximum atomic E-state index is 12.9. The molecular formula is C12H11F. The van der Waals surface area contributed by atoms with E-state index in [-0.39, 0.29) is 5.82 Å². The third kappa shape index (κ3) is 2.09. The first-order valence-electron chi connectivity index (χ1n) is 4.53. The van der Waals surface area contributed by atoms with E-state index >= 15 is 0 Å². The Kier molecular flexibility index (Phi) is 2.06.